The molecule has 17 heavy (non-hydrogen) atoms. The van der Waals surface area contributed by atoms with Crippen LogP contribution in [0.1, 0.15) is 35.9 Å². The van der Waals surface area contributed by atoms with E-state index >= 15 is 0 Å². The van der Waals surface area contributed by atoms with E-state index in [4.69, 9.17) is 0 Å². The van der Waals surface area contributed by atoms with Crippen LogP contribution in [0.5, 0.6) is 0 Å². The average Bonchev–Trinajstić information content (AvgIpc) is 2.83. The van der Waals surface area contributed by atoms with Crippen molar-refractivity contribution in [3.8, 4) is 0 Å². The molecule has 1 saturated heterocycles. The topological polar surface area (TPSA) is 33.5 Å². The molecule has 0 bridgehead atoms. The lowest BCUT2D eigenvalue weighted by molar-refractivity contribution is -0.905. The summed E-state index contributed by atoms with van der Waals surface area (Å²) in [7, 11) is 0. The molecule has 2 rings (SSSR count). The van der Waals surface area contributed by atoms with Crippen molar-refractivity contribution in [3.05, 3.63) is 22.4 Å². The van der Waals surface area contributed by atoms with Gasteiger partial charge >= 0.3 is 0 Å². The number of rotatable bonds is 4. The Labute approximate surface area is 107 Å². The second-order valence-electron chi connectivity index (χ2n) is 4.87. The lowest BCUT2D eigenvalue weighted by atomic mass is 10.1. The average molecular weight is 253 g/mol. The van der Waals surface area contributed by atoms with Gasteiger partial charge in [0, 0.05) is 0 Å². The minimum Gasteiger partial charge on any atom is -0.343 e. The fourth-order valence-corrected chi connectivity index (χ4v) is 3.07. The summed E-state index contributed by atoms with van der Waals surface area (Å²) in [5.74, 6) is 0.0731. The summed E-state index contributed by atoms with van der Waals surface area (Å²) in [4.78, 5) is 14.3. The molecule has 1 aliphatic rings. The summed E-state index contributed by atoms with van der Waals surface area (Å²) in [5, 5.41) is 5.02. The van der Waals surface area contributed by atoms with Gasteiger partial charge in [-0.15, -0.1) is 11.3 Å². The van der Waals surface area contributed by atoms with Gasteiger partial charge in [0.15, 0.2) is 0 Å². The predicted octanol–water partition coefficient (Wildman–Crippen LogP) is 0.935. The minimum atomic E-state index is 0.0731. The van der Waals surface area contributed by atoms with Gasteiger partial charge in [0.1, 0.15) is 0 Å². The molecule has 0 aliphatic carbocycles. The zero-order valence-corrected chi connectivity index (χ0v) is 11.2. The van der Waals surface area contributed by atoms with E-state index in [2.05, 4.69) is 12.2 Å². The van der Waals surface area contributed by atoms with Gasteiger partial charge in [-0.2, -0.15) is 0 Å². The number of carbonyl (C=O) groups is 1. The van der Waals surface area contributed by atoms with Crippen molar-refractivity contribution in [3.63, 3.8) is 0 Å². The third kappa shape index (κ3) is 3.82. The Morgan fingerprint density at radius 2 is 2.24 bits per heavy atom. The molecule has 3 nitrogen and oxygen atoms in total. The van der Waals surface area contributed by atoms with Crippen LogP contribution in [0.2, 0.25) is 0 Å². The number of amides is 1. The van der Waals surface area contributed by atoms with Crippen LogP contribution in [0.4, 0.5) is 0 Å². The SMILES string of the molecule is C[C@@H](C[NH+]1CCCCC1)NC(=O)c1cccs1. The van der Waals surface area contributed by atoms with Gasteiger partial charge in [-0.25, -0.2) is 0 Å². The zero-order chi connectivity index (χ0) is 12.1. The number of nitrogens with one attached hydrogen (secondary N) is 2. The van der Waals surface area contributed by atoms with Crippen LogP contribution in [-0.2, 0) is 0 Å². The smallest absolute Gasteiger partial charge is 0.261 e. The Balaban J connectivity index is 1.76. The van der Waals surface area contributed by atoms with Gasteiger partial charge in [-0.3, -0.25) is 4.79 Å². The Morgan fingerprint density at radius 3 is 2.88 bits per heavy atom. The highest BCUT2D eigenvalue weighted by molar-refractivity contribution is 7.12. The number of hydrogen-bond acceptors (Lipinski definition) is 2. The van der Waals surface area contributed by atoms with Crippen LogP contribution in [0.3, 0.4) is 0 Å². The molecule has 4 heteroatoms. The first-order valence-corrected chi connectivity index (χ1v) is 7.31. The maximum atomic E-state index is 11.8. The molecule has 1 aliphatic heterocycles. The molecule has 0 aromatic carbocycles. The summed E-state index contributed by atoms with van der Waals surface area (Å²) < 4.78 is 0. The lowest BCUT2D eigenvalue weighted by Crippen LogP contribution is -3.14. The Hall–Kier alpha value is -0.870. The molecule has 0 spiro atoms. The van der Waals surface area contributed by atoms with Crippen molar-refractivity contribution in [1.82, 2.24) is 5.32 Å². The van der Waals surface area contributed by atoms with Crippen LogP contribution >= 0.6 is 11.3 Å². The van der Waals surface area contributed by atoms with Crippen LogP contribution in [0.25, 0.3) is 0 Å². The number of hydrogen-bond donors (Lipinski definition) is 2. The van der Waals surface area contributed by atoms with E-state index in [9.17, 15) is 4.79 Å². The van der Waals surface area contributed by atoms with E-state index in [1.165, 1.54) is 43.7 Å². The van der Waals surface area contributed by atoms with Gasteiger partial charge < -0.3 is 10.2 Å². The maximum Gasteiger partial charge on any atom is 0.261 e. The quantitative estimate of drug-likeness (QED) is 0.822. The van der Waals surface area contributed by atoms with Crippen LogP contribution in [-0.4, -0.2) is 31.6 Å². The normalized spacial score (nSPS) is 18.9. The third-order valence-corrected chi connectivity index (χ3v) is 4.15. The van der Waals surface area contributed by atoms with E-state index in [0.29, 0.717) is 0 Å². The summed E-state index contributed by atoms with van der Waals surface area (Å²) >= 11 is 1.50. The predicted molar refractivity (Wildman–Crippen MR) is 70.7 cm³/mol. The molecule has 0 saturated carbocycles. The van der Waals surface area contributed by atoms with Gasteiger partial charge in [0.2, 0.25) is 0 Å². The molecule has 1 aromatic rings. The highest BCUT2D eigenvalue weighted by Crippen LogP contribution is 2.07. The van der Waals surface area contributed by atoms with Crippen molar-refractivity contribution in [2.75, 3.05) is 19.6 Å². The molecular formula is C13H21N2OS+. The van der Waals surface area contributed by atoms with Crippen molar-refractivity contribution in [1.29, 1.82) is 0 Å². The molecule has 1 atom stereocenters. The molecular weight excluding hydrogens is 232 g/mol. The number of carbonyl (C=O) groups excluding carboxylic acids is 1. The number of likely N-dealkylation sites (tertiary alicyclic amines) is 1. The van der Waals surface area contributed by atoms with Crippen molar-refractivity contribution < 1.29 is 9.69 Å². The van der Waals surface area contributed by atoms with Crippen molar-refractivity contribution in [2.45, 2.75) is 32.2 Å². The maximum absolute atomic E-state index is 11.8. The van der Waals surface area contributed by atoms with Gasteiger partial charge in [-0.05, 0) is 37.6 Å². The third-order valence-electron chi connectivity index (χ3n) is 3.28. The van der Waals surface area contributed by atoms with E-state index in [1.807, 2.05) is 17.5 Å². The van der Waals surface area contributed by atoms with Gasteiger partial charge in [0.05, 0.1) is 30.6 Å². The Morgan fingerprint density at radius 1 is 1.47 bits per heavy atom. The van der Waals surface area contributed by atoms with Gasteiger partial charge in [-0.1, -0.05) is 6.07 Å². The second kappa shape index (κ2) is 6.17. The van der Waals surface area contributed by atoms with E-state index in [1.54, 1.807) is 4.90 Å². The summed E-state index contributed by atoms with van der Waals surface area (Å²) in [6, 6.07) is 4.05. The molecule has 2 N–H and O–H groups in total. The first-order chi connectivity index (χ1) is 8.25. The molecule has 0 unspecified atom stereocenters. The summed E-state index contributed by atoms with van der Waals surface area (Å²) in [6.07, 6.45) is 4.04. The first-order valence-electron chi connectivity index (χ1n) is 6.43. The lowest BCUT2D eigenvalue weighted by Gasteiger charge is -2.26. The fraction of sp³-hybridized carbons (Fsp3) is 0.615. The molecule has 94 valence electrons. The molecule has 1 aromatic heterocycles. The molecule has 1 amide bonds. The van der Waals surface area contributed by atoms with Crippen molar-refractivity contribution in [2.24, 2.45) is 0 Å². The van der Waals surface area contributed by atoms with Gasteiger partial charge in [0.25, 0.3) is 5.91 Å². The van der Waals surface area contributed by atoms with E-state index < -0.39 is 0 Å². The Kier molecular flexibility index (Phi) is 4.57. The molecule has 2 heterocycles. The van der Waals surface area contributed by atoms with Crippen LogP contribution in [0.15, 0.2) is 17.5 Å². The largest absolute Gasteiger partial charge is 0.343 e. The molecule has 0 radical (unpaired) electrons. The second-order valence-corrected chi connectivity index (χ2v) is 5.81. The van der Waals surface area contributed by atoms with E-state index in [-0.39, 0.29) is 11.9 Å². The van der Waals surface area contributed by atoms with E-state index in [0.717, 1.165) is 11.4 Å². The molecule has 1 fully saturated rings. The Bertz CT molecular complexity index is 344. The highest BCUT2D eigenvalue weighted by Gasteiger charge is 2.18. The highest BCUT2D eigenvalue weighted by atomic mass is 32.1. The summed E-state index contributed by atoms with van der Waals surface area (Å²) in [5.41, 5.74) is 0. The number of piperidine rings is 1. The first kappa shape index (κ1) is 12.6. The number of thiophene rings is 1. The minimum absolute atomic E-state index is 0.0731. The van der Waals surface area contributed by atoms with Crippen molar-refractivity contribution >= 4 is 17.2 Å². The standard InChI is InChI=1S/C13H20N2OS/c1-11(10-15-7-3-2-4-8-15)14-13(16)12-6-5-9-17-12/h5-6,9,11H,2-4,7-8,10H2,1H3,(H,14,16)/p+1/t11-/m0/s1. The number of quaternary nitrogens is 1. The summed E-state index contributed by atoms with van der Waals surface area (Å²) in [6.45, 7) is 5.68. The zero-order valence-electron chi connectivity index (χ0n) is 10.4. The monoisotopic (exact) mass is 253 g/mol. The van der Waals surface area contributed by atoms with Crippen LogP contribution < -0.4 is 10.2 Å². The fourth-order valence-electron chi connectivity index (χ4n) is 2.44. The van der Waals surface area contributed by atoms with Crippen LogP contribution in [0, 0.1) is 0 Å².